The van der Waals surface area contributed by atoms with Crippen LogP contribution >= 0.6 is 15.9 Å². The van der Waals surface area contributed by atoms with Crippen LogP contribution in [-0.2, 0) is 0 Å². The highest BCUT2D eigenvalue weighted by atomic mass is 79.9. The van der Waals surface area contributed by atoms with Crippen molar-refractivity contribution in [3.8, 4) is 0 Å². The molecule has 1 rings (SSSR count). The number of hydrogen-bond acceptors (Lipinski definition) is 2. The Morgan fingerprint density at radius 2 is 2.00 bits per heavy atom. The van der Waals surface area contributed by atoms with Crippen molar-refractivity contribution in [3.63, 3.8) is 0 Å². The maximum absolute atomic E-state index is 12.2. The molecular weight excluding hydrogens is 318 g/mol. The standard InChI is InChI=1S/C15H26BrN3O/c1-5-6-7-8-9-11(4)17-15(20)14-12(16)13(10(2)3)18-19-14/h10-11H,5-9H2,1-4H3,(H,17,20)(H,18,19). The van der Waals surface area contributed by atoms with Gasteiger partial charge in [0.2, 0.25) is 0 Å². The van der Waals surface area contributed by atoms with Crippen molar-refractivity contribution in [1.29, 1.82) is 0 Å². The van der Waals surface area contributed by atoms with Crippen LogP contribution in [0.2, 0.25) is 0 Å². The molecule has 114 valence electrons. The summed E-state index contributed by atoms with van der Waals surface area (Å²) in [5.41, 5.74) is 1.42. The second kappa shape index (κ2) is 8.45. The van der Waals surface area contributed by atoms with E-state index < -0.39 is 0 Å². The van der Waals surface area contributed by atoms with Gasteiger partial charge in [-0.3, -0.25) is 9.89 Å². The van der Waals surface area contributed by atoms with Crippen molar-refractivity contribution in [2.24, 2.45) is 0 Å². The highest BCUT2D eigenvalue weighted by Gasteiger charge is 2.20. The summed E-state index contributed by atoms with van der Waals surface area (Å²) in [4.78, 5) is 12.2. The molecule has 0 aliphatic rings. The second-order valence-electron chi connectivity index (χ2n) is 5.68. The Bertz CT molecular complexity index is 429. The summed E-state index contributed by atoms with van der Waals surface area (Å²) in [6.45, 7) is 8.38. The molecule has 20 heavy (non-hydrogen) atoms. The number of carbonyl (C=O) groups is 1. The molecular formula is C15H26BrN3O. The van der Waals surface area contributed by atoms with Gasteiger partial charge in [0.15, 0.2) is 5.69 Å². The average Bonchev–Trinajstić information content (AvgIpc) is 2.76. The minimum absolute atomic E-state index is 0.108. The molecule has 0 bridgehead atoms. The first-order chi connectivity index (χ1) is 9.47. The fourth-order valence-electron chi connectivity index (χ4n) is 2.12. The van der Waals surface area contributed by atoms with Crippen LogP contribution in [-0.4, -0.2) is 22.1 Å². The number of aromatic nitrogens is 2. The topological polar surface area (TPSA) is 57.8 Å². The molecule has 1 unspecified atom stereocenters. The number of nitrogens with one attached hydrogen (secondary N) is 2. The predicted molar refractivity (Wildman–Crippen MR) is 86.1 cm³/mol. The van der Waals surface area contributed by atoms with Gasteiger partial charge in [0.1, 0.15) is 0 Å². The molecule has 0 radical (unpaired) electrons. The van der Waals surface area contributed by atoms with Crippen LogP contribution in [0.3, 0.4) is 0 Å². The van der Waals surface area contributed by atoms with Crippen LogP contribution in [0.1, 0.15) is 81.9 Å². The van der Waals surface area contributed by atoms with Crippen molar-refractivity contribution >= 4 is 21.8 Å². The third-order valence-corrected chi connectivity index (χ3v) is 4.20. The largest absolute Gasteiger partial charge is 0.348 e. The fraction of sp³-hybridized carbons (Fsp3) is 0.733. The number of unbranched alkanes of at least 4 members (excludes halogenated alkanes) is 3. The molecule has 5 heteroatoms. The molecule has 1 atom stereocenters. The quantitative estimate of drug-likeness (QED) is 0.688. The van der Waals surface area contributed by atoms with E-state index in [9.17, 15) is 4.79 Å². The summed E-state index contributed by atoms with van der Waals surface area (Å²) < 4.78 is 0.781. The van der Waals surface area contributed by atoms with E-state index in [-0.39, 0.29) is 11.9 Å². The van der Waals surface area contributed by atoms with Gasteiger partial charge in [-0.2, -0.15) is 5.10 Å². The predicted octanol–water partition coefficient (Wildman–Crippen LogP) is 4.38. The molecule has 4 nitrogen and oxygen atoms in total. The molecule has 2 N–H and O–H groups in total. The van der Waals surface area contributed by atoms with Gasteiger partial charge in [-0.25, -0.2) is 0 Å². The number of halogens is 1. The Kier molecular flexibility index (Phi) is 7.27. The maximum Gasteiger partial charge on any atom is 0.273 e. The SMILES string of the molecule is CCCCCCC(C)NC(=O)c1n[nH]c(C(C)C)c1Br. The lowest BCUT2D eigenvalue weighted by Gasteiger charge is -2.13. The van der Waals surface area contributed by atoms with Crippen LogP contribution in [0.25, 0.3) is 0 Å². The number of H-pyrrole nitrogens is 1. The van der Waals surface area contributed by atoms with E-state index in [0.29, 0.717) is 11.6 Å². The first kappa shape index (κ1) is 17.2. The fourth-order valence-corrected chi connectivity index (χ4v) is 2.93. The van der Waals surface area contributed by atoms with Crippen LogP contribution in [0.15, 0.2) is 4.47 Å². The maximum atomic E-state index is 12.2. The number of hydrogen-bond donors (Lipinski definition) is 2. The lowest BCUT2D eigenvalue weighted by atomic mass is 10.1. The highest BCUT2D eigenvalue weighted by Crippen LogP contribution is 2.25. The summed E-state index contributed by atoms with van der Waals surface area (Å²) >= 11 is 3.46. The van der Waals surface area contributed by atoms with Gasteiger partial charge in [0.05, 0.1) is 10.2 Å². The zero-order valence-corrected chi connectivity index (χ0v) is 14.5. The van der Waals surface area contributed by atoms with Gasteiger partial charge >= 0.3 is 0 Å². The van der Waals surface area contributed by atoms with Crippen LogP contribution in [0, 0.1) is 0 Å². The Labute approximate surface area is 130 Å². The van der Waals surface area contributed by atoms with Gasteiger partial charge in [-0.15, -0.1) is 0 Å². The Morgan fingerprint density at radius 1 is 1.30 bits per heavy atom. The normalized spacial score (nSPS) is 12.7. The minimum Gasteiger partial charge on any atom is -0.348 e. The van der Waals surface area contributed by atoms with Gasteiger partial charge in [0.25, 0.3) is 5.91 Å². The van der Waals surface area contributed by atoms with E-state index in [0.717, 1.165) is 23.0 Å². The zero-order chi connectivity index (χ0) is 15.1. The summed E-state index contributed by atoms with van der Waals surface area (Å²) in [6.07, 6.45) is 5.92. The first-order valence-electron chi connectivity index (χ1n) is 7.52. The monoisotopic (exact) mass is 343 g/mol. The lowest BCUT2D eigenvalue weighted by Crippen LogP contribution is -2.33. The smallest absolute Gasteiger partial charge is 0.273 e. The van der Waals surface area contributed by atoms with Crippen molar-refractivity contribution < 1.29 is 4.79 Å². The van der Waals surface area contributed by atoms with Crippen molar-refractivity contribution in [1.82, 2.24) is 15.5 Å². The van der Waals surface area contributed by atoms with Gasteiger partial charge in [0, 0.05) is 6.04 Å². The number of carbonyl (C=O) groups excluding carboxylic acids is 1. The summed E-state index contributed by atoms with van der Waals surface area (Å²) in [7, 11) is 0. The molecule has 0 aliphatic carbocycles. The number of rotatable bonds is 8. The zero-order valence-electron chi connectivity index (χ0n) is 12.9. The van der Waals surface area contributed by atoms with Crippen LogP contribution < -0.4 is 5.32 Å². The molecule has 0 saturated heterocycles. The van der Waals surface area contributed by atoms with Crippen LogP contribution in [0.5, 0.6) is 0 Å². The van der Waals surface area contributed by atoms with Crippen molar-refractivity contribution in [2.75, 3.05) is 0 Å². The summed E-state index contributed by atoms with van der Waals surface area (Å²) in [5.74, 6) is 0.202. The number of nitrogens with zero attached hydrogens (tertiary/aromatic N) is 1. The van der Waals surface area contributed by atoms with Crippen molar-refractivity contribution in [3.05, 3.63) is 15.9 Å². The lowest BCUT2D eigenvalue weighted by molar-refractivity contribution is 0.0932. The van der Waals surface area contributed by atoms with E-state index in [2.05, 4.69) is 52.2 Å². The Hall–Kier alpha value is -0.840. The third kappa shape index (κ3) is 4.93. The van der Waals surface area contributed by atoms with E-state index in [1.54, 1.807) is 0 Å². The summed E-state index contributed by atoms with van der Waals surface area (Å²) in [6, 6.07) is 0.186. The molecule has 1 amide bonds. The first-order valence-corrected chi connectivity index (χ1v) is 8.31. The number of aromatic amines is 1. The van der Waals surface area contributed by atoms with Crippen LogP contribution in [0.4, 0.5) is 0 Å². The molecule has 0 aliphatic heterocycles. The van der Waals surface area contributed by atoms with Gasteiger partial charge in [-0.05, 0) is 35.2 Å². The highest BCUT2D eigenvalue weighted by molar-refractivity contribution is 9.10. The summed E-state index contributed by atoms with van der Waals surface area (Å²) in [5, 5.41) is 10.1. The van der Waals surface area contributed by atoms with Crippen molar-refractivity contribution in [2.45, 2.75) is 71.8 Å². The van der Waals surface area contributed by atoms with E-state index in [1.165, 1.54) is 19.3 Å². The minimum atomic E-state index is -0.108. The van der Waals surface area contributed by atoms with E-state index in [1.807, 2.05) is 6.92 Å². The molecule has 0 fully saturated rings. The number of amides is 1. The third-order valence-electron chi connectivity index (χ3n) is 3.39. The molecule has 1 aromatic rings. The molecule has 0 aromatic carbocycles. The Balaban J connectivity index is 2.50. The Morgan fingerprint density at radius 3 is 2.55 bits per heavy atom. The van der Waals surface area contributed by atoms with Gasteiger partial charge < -0.3 is 5.32 Å². The molecule has 0 spiro atoms. The van der Waals surface area contributed by atoms with Gasteiger partial charge in [-0.1, -0.05) is 46.5 Å². The van der Waals surface area contributed by atoms with E-state index >= 15 is 0 Å². The molecule has 1 aromatic heterocycles. The molecule has 1 heterocycles. The van der Waals surface area contributed by atoms with E-state index in [4.69, 9.17) is 0 Å². The average molecular weight is 344 g/mol. The molecule has 0 saturated carbocycles. The second-order valence-corrected chi connectivity index (χ2v) is 6.47.